The lowest BCUT2D eigenvalue weighted by Crippen LogP contribution is -2.34. The van der Waals surface area contributed by atoms with Gasteiger partial charge in [-0.05, 0) is 51.0 Å². The number of primary amides is 1. The van der Waals surface area contributed by atoms with Gasteiger partial charge in [0.05, 0.1) is 5.41 Å². The van der Waals surface area contributed by atoms with Gasteiger partial charge >= 0.3 is 12.0 Å². The average molecular weight is 307 g/mol. The molecule has 120 valence electrons. The molecule has 0 unspecified atom stereocenters. The maximum Gasteiger partial charge on any atom is 0.319 e. The number of carboxylic acids is 1. The van der Waals surface area contributed by atoms with Crippen LogP contribution in [0.15, 0.2) is 18.2 Å². The molecule has 0 aromatic heterocycles. The molecule has 0 heterocycles. The van der Waals surface area contributed by atoms with Crippen LogP contribution in [-0.4, -0.2) is 29.6 Å². The number of hydrogen-bond acceptors (Lipinski definition) is 3. The third kappa shape index (κ3) is 4.76. The standard InChI is InChI=1S/C15H21N3O4/c1-9-8-10(4-5-11(9)12(16)19)18-14(22)17-7-6-15(2,3)13(20)21/h4-5,8H,6-7H2,1-3H3,(H2,16,19)(H,20,21)(H2,17,18,22). The molecular weight excluding hydrogens is 286 g/mol. The molecule has 7 nitrogen and oxygen atoms in total. The Labute approximate surface area is 128 Å². The summed E-state index contributed by atoms with van der Waals surface area (Å²) in [6.45, 7) is 5.16. The highest BCUT2D eigenvalue weighted by Gasteiger charge is 2.26. The zero-order valence-electron chi connectivity index (χ0n) is 12.9. The Bertz CT molecular complexity index is 596. The number of aliphatic carboxylic acids is 1. The fraction of sp³-hybridized carbons (Fsp3) is 0.400. The predicted molar refractivity (Wildman–Crippen MR) is 82.8 cm³/mol. The van der Waals surface area contributed by atoms with Crippen molar-refractivity contribution in [3.63, 3.8) is 0 Å². The van der Waals surface area contributed by atoms with Crippen LogP contribution >= 0.6 is 0 Å². The second kappa shape index (κ2) is 6.93. The first-order valence-corrected chi connectivity index (χ1v) is 6.82. The van der Waals surface area contributed by atoms with E-state index in [2.05, 4.69) is 10.6 Å². The van der Waals surface area contributed by atoms with Crippen molar-refractivity contribution in [1.29, 1.82) is 0 Å². The van der Waals surface area contributed by atoms with Crippen molar-refractivity contribution in [2.24, 2.45) is 11.1 Å². The molecule has 0 radical (unpaired) electrons. The smallest absolute Gasteiger partial charge is 0.319 e. The molecule has 0 aliphatic heterocycles. The van der Waals surface area contributed by atoms with E-state index in [-0.39, 0.29) is 6.54 Å². The van der Waals surface area contributed by atoms with E-state index < -0.39 is 23.3 Å². The predicted octanol–water partition coefficient (Wildman–Crippen LogP) is 1.72. The molecule has 0 spiro atoms. The molecule has 7 heteroatoms. The van der Waals surface area contributed by atoms with Crippen molar-refractivity contribution < 1.29 is 19.5 Å². The molecule has 1 rings (SSSR count). The summed E-state index contributed by atoms with van der Waals surface area (Å²) in [5.74, 6) is -1.43. The monoisotopic (exact) mass is 307 g/mol. The van der Waals surface area contributed by atoms with E-state index in [4.69, 9.17) is 10.8 Å². The third-order valence-electron chi connectivity index (χ3n) is 3.36. The summed E-state index contributed by atoms with van der Waals surface area (Å²) in [4.78, 5) is 33.8. The lowest BCUT2D eigenvalue weighted by molar-refractivity contribution is -0.147. The highest BCUT2D eigenvalue weighted by Crippen LogP contribution is 2.19. The van der Waals surface area contributed by atoms with Gasteiger partial charge in [-0.2, -0.15) is 0 Å². The van der Waals surface area contributed by atoms with Gasteiger partial charge in [-0.3, -0.25) is 9.59 Å². The lowest BCUT2D eigenvalue weighted by Gasteiger charge is -2.19. The summed E-state index contributed by atoms with van der Waals surface area (Å²) >= 11 is 0. The number of aryl methyl sites for hydroxylation is 1. The second-order valence-electron chi connectivity index (χ2n) is 5.71. The minimum Gasteiger partial charge on any atom is -0.481 e. The number of carbonyl (C=O) groups excluding carboxylic acids is 2. The largest absolute Gasteiger partial charge is 0.481 e. The molecule has 0 atom stereocenters. The van der Waals surface area contributed by atoms with Crippen LogP contribution in [-0.2, 0) is 4.79 Å². The molecule has 3 amide bonds. The summed E-state index contributed by atoms with van der Waals surface area (Å²) < 4.78 is 0. The number of urea groups is 1. The number of benzene rings is 1. The van der Waals surface area contributed by atoms with Crippen molar-refractivity contribution in [3.05, 3.63) is 29.3 Å². The van der Waals surface area contributed by atoms with Crippen molar-refractivity contribution in [2.45, 2.75) is 27.2 Å². The average Bonchev–Trinajstić information content (AvgIpc) is 2.37. The first-order valence-electron chi connectivity index (χ1n) is 6.82. The molecule has 5 N–H and O–H groups in total. The van der Waals surface area contributed by atoms with E-state index in [9.17, 15) is 14.4 Å². The van der Waals surface area contributed by atoms with E-state index in [0.29, 0.717) is 23.2 Å². The molecular formula is C15H21N3O4. The van der Waals surface area contributed by atoms with Crippen LogP contribution in [0.5, 0.6) is 0 Å². The quantitative estimate of drug-likeness (QED) is 0.639. The number of carbonyl (C=O) groups is 3. The van der Waals surface area contributed by atoms with Crippen LogP contribution < -0.4 is 16.4 Å². The van der Waals surface area contributed by atoms with E-state index in [1.807, 2.05) is 0 Å². The van der Waals surface area contributed by atoms with E-state index >= 15 is 0 Å². The van der Waals surface area contributed by atoms with Crippen molar-refractivity contribution in [1.82, 2.24) is 5.32 Å². The summed E-state index contributed by atoms with van der Waals surface area (Å²) in [6.07, 6.45) is 0.315. The Balaban J connectivity index is 2.54. The normalized spacial score (nSPS) is 10.9. The molecule has 22 heavy (non-hydrogen) atoms. The van der Waals surface area contributed by atoms with Crippen molar-refractivity contribution in [2.75, 3.05) is 11.9 Å². The number of rotatable bonds is 6. The second-order valence-corrected chi connectivity index (χ2v) is 5.71. The number of nitrogens with two attached hydrogens (primary N) is 1. The third-order valence-corrected chi connectivity index (χ3v) is 3.36. The molecule has 1 aromatic carbocycles. The summed E-state index contributed by atoms with van der Waals surface area (Å²) in [5.41, 5.74) is 5.90. The zero-order valence-corrected chi connectivity index (χ0v) is 12.9. The van der Waals surface area contributed by atoms with Crippen molar-refractivity contribution >= 4 is 23.6 Å². The van der Waals surface area contributed by atoms with Crippen LogP contribution in [0.1, 0.15) is 36.2 Å². The number of carboxylic acid groups (broad SMARTS) is 1. The van der Waals surface area contributed by atoms with E-state index in [1.54, 1.807) is 39.0 Å². The number of anilines is 1. The first kappa shape index (κ1) is 17.5. The van der Waals surface area contributed by atoms with Crippen molar-refractivity contribution in [3.8, 4) is 0 Å². The van der Waals surface area contributed by atoms with Gasteiger partial charge in [-0.15, -0.1) is 0 Å². The van der Waals surface area contributed by atoms with Gasteiger partial charge < -0.3 is 21.5 Å². The first-order chi connectivity index (χ1) is 10.1. The lowest BCUT2D eigenvalue weighted by atomic mass is 9.90. The Kier molecular flexibility index (Phi) is 5.50. The van der Waals surface area contributed by atoms with Gasteiger partial charge in [0.1, 0.15) is 0 Å². The van der Waals surface area contributed by atoms with E-state index in [1.165, 1.54) is 0 Å². The Morgan fingerprint density at radius 1 is 1.27 bits per heavy atom. The van der Waals surface area contributed by atoms with Gasteiger partial charge in [0, 0.05) is 17.8 Å². The van der Waals surface area contributed by atoms with Crippen LogP contribution in [0.25, 0.3) is 0 Å². The van der Waals surface area contributed by atoms with E-state index in [0.717, 1.165) is 0 Å². The minimum absolute atomic E-state index is 0.240. The number of nitrogens with one attached hydrogen (secondary N) is 2. The van der Waals surface area contributed by atoms with Crippen LogP contribution in [0, 0.1) is 12.3 Å². The van der Waals surface area contributed by atoms with Crippen LogP contribution in [0.3, 0.4) is 0 Å². The van der Waals surface area contributed by atoms with Gasteiger partial charge in [-0.25, -0.2) is 4.79 Å². The molecule has 0 saturated heterocycles. The molecule has 0 aliphatic rings. The van der Waals surface area contributed by atoms with Gasteiger partial charge in [0.2, 0.25) is 5.91 Å². The zero-order chi connectivity index (χ0) is 16.9. The topological polar surface area (TPSA) is 122 Å². The molecule has 1 aromatic rings. The number of hydrogen-bond donors (Lipinski definition) is 4. The van der Waals surface area contributed by atoms with Gasteiger partial charge in [0.15, 0.2) is 0 Å². The molecule has 0 bridgehead atoms. The Morgan fingerprint density at radius 2 is 1.91 bits per heavy atom. The fourth-order valence-electron chi connectivity index (χ4n) is 1.79. The fourth-order valence-corrected chi connectivity index (χ4v) is 1.79. The van der Waals surface area contributed by atoms with Gasteiger partial charge in [0.25, 0.3) is 0 Å². The summed E-state index contributed by atoms with van der Waals surface area (Å²) in [6, 6.07) is 4.32. The highest BCUT2D eigenvalue weighted by atomic mass is 16.4. The maximum absolute atomic E-state index is 11.7. The minimum atomic E-state index is -0.910. The van der Waals surface area contributed by atoms with Crippen LogP contribution in [0.4, 0.5) is 10.5 Å². The SMILES string of the molecule is Cc1cc(NC(=O)NCCC(C)(C)C(=O)O)ccc1C(N)=O. The Hall–Kier alpha value is -2.57. The van der Waals surface area contributed by atoms with Crippen LogP contribution in [0.2, 0.25) is 0 Å². The molecule has 0 aliphatic carbocycles. The molecule has 0 saturated carbocycles. The summed E-state index contributed by atoms with van der Waals surface area (Å²) in [7, 11) is 0. The van der Waals surface area contributed by atoms with Gasteiger partial charge in [-0.1, -0.05) is 0 Å². The Morgan fingerprint density at radius 3 is 2.41 bits per heavy atom. The highest BCUT2D eigenvalue weighted by molar-refractivity contribution is 5.96. The maximum atomic E-state index is 11.7. The molecule has 0 fully saturated rings. The number of amides is 3. The summed E-state index contributed by atoms with van der Waals surface area (Å²) in [5, 5.41) is 14.2.